The van der Waals surface area contributed by atoms with E-state index in [1.165, 1.54) is 179 Å². The zero-order valence-electron chi connectivity index (χ0n) is 28.3. The van der Waals surface area contributed by atoms with E-state index in [4.69, 9.17) is 0 Å². The summed E-state index contributed by atoms with van der Waals surface area (Å²) in [4.78, 5) is 4.47. The molecular formula is C40H70N2. The number of hydrogen-bond donors (Lipinski definition) is 0. The minimum Gasteiger partial charge on any atom is -0.334 e. The Hall–Kier alpha value is -1.57. The minimum atomic E-state index is 0.573. The molecule has 0 fully saturated rings. The van der Waals surface area contributed by atoms with Crippen LogP contribution in [0, 0.1) is 5.92 Å². The first-order valence-electron chi connectivity index (χ1n) is 18.9. The SMILES string of the molecule is CCCCCCCCCCCCCCCCC(C(CCCCCCCCCCCC)Cc1ccccc1)n1ccnc1. The van der Waals surface area contributed by atoms with Gasteiger partial charge in [0, 0.05) is 18.4 Å². The third kappa shape index (κ3) is 18.9. The van der Waals surface area contributed by atoms with Gasteiger partial charge in [0.05, 0.1) is 6.33 Å². The number of unbranched alkanes of at least 4 members (excludes halogenated alkanes) is 22. The fourth-order valence-corrected chi connectivity index (χ4v) is 6.88. The monoisotopic (exact) mass is 579 g/mol. The summed E-state index contributed by atoms with van der Waals surface area (Å²) >= 11 is 0. The van der Waals surface area contributed by atoms with Gasteiger partial charge in [-0.1, -0.05) is 198 Å². The van der Waals surface area contributed by atoms with Gasteiger partial charge in [0.15, 0.2) is 0 Å². The van der Waals surface area contributed by atoms with Gasteiger partial charge in [0.1, 0.15) is 0 Å². The highest BCUT2D eigenvalue weighted by Gasteiger charge is 2.23. The summed E-state index contributed by atoms with van der Waals surface area (Å²) in [5, 5.41) is 0. The molecule has 1 aromatic heterocycles. The highest BCUT2D eigenvalue weighted by molar-refractivity contribution is 5.15. The molecule has 0 aliphatic rings. The molecule has 240 valence electrons. The molecule has 42 heavy (non-hydrogen) atoms. The van der Waals surface area contributed by atoms with Crippen LogP contribution >= 0.6 is 0 Å². The molecule has 0 bridgehead atoms. The van der Waals surface area contributed by atoms with Gasteiger partial charge in [-0.3, -0.25) is 0 Å². The summed E-state index contributed by atoms with van der Waals surface area (Å²) in [5.41, 5.74) is 1.50. The highest BCUT2D eigenvalue weighted by atomic mass is 15.1. The molecule has 2 nitrogen and oxygen atoms in total. The highest BCUT2D eigenvalue weighted by Crippen LogP contribution is 2.32. The number of nitrogens with zero attached hydrogens (tertiary/aromatic N) is 2. The number of benzene rings is 1. The van der Waals surface area contributed by atoms with Crippen LogP contribution in [0.5, 0.6) is 0 Å². The molecule has 1 heterocycles. The Kier molecular flexibility index (Phi) is 23.6. The van der Waals surface area contributed by atoms with E-state index in [0.717, 1.165) is 0 Å². The zero-order valence-corrected chi connectivity index (χ0v) is 28.3. The number of rotatable bonds is 30. The molecule has 2 aromatic rings. The average Bonchev–Trinajstić information content (AvgIpc) is 3.55. The molecule has 0 amide bonds. The van der Waals surface area contributed by atoms with Gasteiger partial charge in [-0.25, -0.2) is 4.98 Å². The first kappa shape index (κ1) is 36.6. The summed E-state index contributed by atoms with van der Waals surface area (Å²) in [5.74, 6) is 0.692. The molecule has 1 aromatic carbocycles. The second-order valence-corrected chi connectivity index (χ2v) is 13.4. The first-order valence-corrected chi connectivity index (χ1v) is 18.9. The number of hydrogen-bond acceptors (Lipinski definition) is 1. The summed E-state index contributed by atoms with van der Waals surface area (Å²) in [6, 6.07) is 11.8. The van der Waals surface area contributed by atoms with Crippen LogP contribution in [-0.4, -0.2) is 9.55 Å². The first-order chi connectivity index (χ1) is 20.8. The molecule has 0 aliphatic heterocycles. The van der Waals surface area contributed by atoms with Crippen molar-refractivity contribution in [2.24, 2.45) is 5.92 Å². The van der Waals surface area contributed by atoms with E-state index in [1.54, 1.807) is 0 Å². The summed E-state index contributed by atoms with van der Waals surface area (Å²) in [7, 11) is 0. The van der Waals surface area contributed by atoms with E-state index in [2.05, 4.69) is 66.3 Å². The lowest BCUT2D eigenvalue weighted by Gasteiger charge is -2.29. The van der Waals surface area contributed by atoms with E-state index in [0.29, 0.717) is 12.0 Å². The van der Waals surface area contributed by atoms with E-state index in [9.17, 15) is 0 Å². The molecule has 2 atom stereocenters. The van der Waals surface area contributed by atoms with Crippen LogP contribution in [-0.2, 0) is 6.42 Å². The maximum absolute atomic E-state index is 4.47. The maximum atomic E-state index is 4.47. The predicted octanol–water partition coefficient (Wildman–Crippen LogP) is 13.5. The third-order valence-electron chi connectivity index (χ3n) is 9.57. The van der Waals surface area contributed by atoms with Crippen molar-refractivity contribution in [3.05, 3.63) is 54.6 Å². The minimum absolute atomic E-state index is 0.573. The Bertz CT molecular complexity index is 783. The Labute approximate surface area is 262 Å². The topological polar surface area (TPSA) is 17.8 Å². The van der Waals surface area contributed by atoms with Crippen molar-refractivity contribution < 1.29 is 0 Å². The van der Waals surface area contributed by atoms with Crippen molar-refractivity contribution >= 4 is 0 Å². The standard InChI is InChI=1S/C40H70N2/c1-3-5-7-9-11-13-15-16-17-18-20-22-24-29-33-40(42-35-34-41-37-42)39(36-38-30-26-25-27-31-38)32-28-23-21-19-14-12-10-8-6-4-2/h25-27,30-31,34-35,37,39-40H,3-24,28-29,32-33,36H2,1-2H3. The lowest BCUT2D eigenvalue weighted by atomic mass is 9.84. The molecule has 0 spiro atoms. The molecule has 2 rings (SSSR count). The fourth-order valence-electron chi connectivity index (χ4n) is 6.88. The van der Waals surface area contributed by atoms with E-state index < -0.39 is 0 Å². The van der Waals surface area contributed by atoms with Crippen molar-refractivity contribution in [1.82, 2.24) is 9.55 Å². The van der Waals surface area contributed by atoms with Crippen LogP contribution in [0.2, 0.25) is 0 Å². The normalized spacial score (nSPS) is 13.0. The lowest BCUT2D eigenvalue weighted by molar-refractivity contribution is 0.275. The smallest absolute Gasteiger partial charge is 0.0948 e. The largest absolute Gasteiger partial charge is 0.334 e. The predicted molar refractivity (Wildman–Crippen MR) is 186 cm³/mol. The van der Waals surface area contributed by atoms with Crippen LogP contribution in [0.4, 0.5) is 0 Å². The molecule has 0 saturated heterocycles. The molecular weight excluding hydrogens is 508 g/mol. The van der Waals surface area contributed by atoms with Gasteiger partial charge < -0.3 is 4.57 Å². The van der Waals surface area contributed by atoms with Crippen LogP contribution in [0.25, 0.3) is 0 Å². The van der Waals surface area contributed by atoms with Gasteiger partial charge >= 0.3 is 0 Å². The van der Waals surface area contributed by atoms with Crippen molar-refractivity contribution in [3.8, 4) is 0 Å². The van der Waals surface area contributed by atoms with Crippen LogP contribution in [0.3, 0.4) is 0 Å². The van der Waals surface area contributed by atoms with Gasteiger partial charge in [-0.05, 0) is 30.7 Å². The molecule has 0 aliphatic carbocycles. The van der Waals surface area contributed by atoms with Gasteiger partial charge in [0.25, 0.3) is 0 Å². The van der Waals surface area contributed by atoms with E-state index >= 15 is 0 Å². The Morgan fingerprint density at radius 2 is 0.952 bits per heavy atom. The van der Waals surface area contributed by atoms with Gasteiger partial charge in [-0.2, -0.15) is 0 Å². The number of imidazole rings is 1. The summed E-state index contributed by atoms with van der Waals surface area (Å²) < 4.78 is 2.45. The van der Waals surface area contributed by atoms with Gasteiger partial charge in [-0.15, -0.1) is 0 Å². The van der Waals surface area contributed by atoms with E-state index in [1.807, 2.05) is 6.20 Å². The van der Waals surface area contributed by atoms with Crippen LogP contribution < -0.4 is 0 Å². The third-order valence-corrected chi connectivity index (χ3v) is 9.57. The Balaban J connectivity index is 1.70. The van der Waals surface area contributed by atoms with Crippen molar-refractivity contribution in [3.63, 3.8) is 0 Å². The molecule has 0 N–H and O–H groups in total. The fraction of sp³-hybridized carbons (Fsp3) is 0.775. The van der Waals surface area contributed by atoms with E-state index in [-0.39, 0.29) is 0 Å². The van der Waals surface area contributed by atoms with Crippen LogP contribution in [0.1, 0.15) is 192 Å². The summed E-state index contributed by atoms with van der Waals surface area (Å²) in [6.07, 6.45) is 44.3. The maximum Gasteiger partial charge on any atom is 0.0948 e. The number of aromatic nitrogens is 2. The van der Waals surface area contributed by atoms with Gasteiger partial charge in [0.2, 0.25) is 0 Å². The van der Waals surface area contributed by atoms with Crippen molar-refractivity contribution in [2.75, 3.05) is 0 Å². The quantitative estimate of drug-likeness (QED) is 0.0843. The summed E-state index contributed by atoms with van der Waals surface area (Å²) in [6.45, 7) is 4.61. The van der Waals surface area contributed by atoms with Crippen LogP contribution in [0.15, 0.2) is 49.1 Å². The second-order valence-electron chi connectivity index (χ2n) is 13.4. The second kappa shape index (κ2) is 27.0. The molecule has 0 saturated carbocycles. The Morgan fingerprint density at radius 3 is 1.38 bits per heavy atom. The van der Waals surface area contributed by atoms with Crippen molar-refractivity contribution in [2.45, 2.75) is 193 Å². The average molecular weight is 579 g/mol. The Morgan fingerprint density at radius 1 is 0.524 bits per heavy atom. The lowest BCUT2D eigenvalue weighted by Crippen LogP contribution is -2.21. The zero-order chi connectivity index (χ0) is 29.8. The molecule has 2 unspecified atom stereocenters. The molecule has 2 heteroatoms. The molecule has 0 radical (unpaired) electrons. The van der Waals surface area contributed by atoms with Crippen molar-refractivity contribution in [1.29, 1.82) is 0 Å².